The minimum Gasteiger partial charge on any atom is -0.376 e. The number of halogens is 3. The number of benzene rings is 2. The lowest BCUT2D eigenvalue weighted by molar-refractivity contribution is -0.114. The molecule has 0 unspecified atom stereocenters. The van der Waals surface area contributed by atoms with Crippen molar-refractivity contribution in [3.63, 3.8) is 0 Å². The van der Waals surface area contributed by atoms with Gasteiger partial charge in [0.25, 0.3) is 0 Å². The Labute approximate surface area is 138 Å². The molecule has 0 bridgehead atoms. The number of amides is 1. The fourth-order valence-corrected chi connectivity index (χ4v) is 2.27. The Balaban J connectivity index is 1.99. The van der Waals surface area contributed by atoms with Crippen molar-refractivity contribution in [2.75, 3.05) is 17.2 Å². The summed E-state index contributed by atoms with van der Waals surface area (Å²) in [6.07, 6.45) is 0. The van der Waals surface area contributed by atoms with Crippen molar-refractivity contribution in [2.24, 2.45) is 0 Å². The first-order chi connectivity index (χ1) is 9.97. The van der Waals surface area contributed by atoms with E-state index in [0.29, 0.717) is 20.8 Å². The minimum atomic E-state index is -0.224. The molecule has 0 spiro atoms. The Morgan fingerprint density at radius 1 is 1.05 bits per heavy atom. The normalized spacial score (nSPS) is 10.3. The van der Waals surface area contributed by atoms with Gasteiger partial charge in [-0.05, 0) is 42.8 Å². The molecule has 2 aromatic carbocycles. The van der Waals surface area contributed by atoms with Crippen LogP contribution in [0.15, 0.2) is 36.4 Å². The zero-order valence-electron chi connectivity index (χ0n) is 11.2. The number of carbonyl (C=O) groups excluding carboxylic acids is 1. The summed E-state index contributed by atoms with van der Waals surface area (Å²) in [6.45, 7) is 1.99. The second-order valence-electron chi connectivity index (χ2n) is 4.44. The highest BCUT2D eigenvalue weighted by Gasteiger charge is 2.08. The van der Waals surface area contributed by atoms with Crippen LogP contribution in [0, 0.1) is 6.92 Å². The maximum absolute atomic E-state index is 11.9. The van der Waals surface area contributed by atoms with Gasteiger partial charge in [-0.25, -0.2) is 0 Å². The largest absolute Gasteiger partial charge is 0.376 e. The van der Waals surface area contributed by atoms with Gasteiger partial charge in [0.1, 0.15) is 0 Å². The van der Waals surface area contributed by atoms with Crippen molar-refractivity contribution in [1.82, 2.24) is 0 Å². The molecule has 0 fully saturated rings. The smallest absolute Gasteiger partial charge is 0.243 e. The maximum Gasteiger partial charge on any atom is 0.243 e. The predicted molar refractivity (Wildman–Crippen MR) is 89.8 cm³/mol. The summed E-state index contributed by atoms with van der Waals surface area (Å²) >= 11 is 17.9. The fourth-order valence-electron chi connectivity index (χ4n) is 1.76. The van der Waals surface area contributed by atoms with Crippen LogP contribution in [0.5, 0.6) is 0 Å². The van der Waals surface area contributed by atoms with Gasteiger partial charge in [0.05, 0.1) is 17.3 Å². The average molecular weight is 344 g/mol. The molecular weight excluding hydrogens is 331 g/mol. The fraction of sp³-hybridized carbons (Fsp3) is 0.133. The lowest BCUT2D eigenvalue weighted by Gasteiger charge is -2.11. The van der Waals surface area contributed by atoms with E-state index in [-0.39, 0.29) is 12.5 Å². The molecule has 1 amide bonds. The molecule has 0 saturated carbocycles. The third kappa shape index (κ3) is 4.27. The number of hydrogen-bond donors (Lipinski definition) is 2. The van der Waals surface area contributed by atoms with E-state index in [1.807, 2.05) is 19.1 Å². The summed E-state index contributed by atoms with van der Waals surface area (Å²) in [6, 6.07) is 10.4. The van der Waals surface area contributed by atoms with Crippen LogP contribution >= 0.6 is 34.8 Å². The average Bonchev–Trinajstić information content (AvgIpc) is 2.44. The van der Waals surface area contributed by atoms with Gasteiger partial charge in [-0.2, -0.15) is 0 Å². The summed E-state index contributed by atoms with van der Waals surface area (Å²) in [7, 11) is 0. The summed E-state index contributed by atoms with van der Waals surface area (Å²) < 4.78 is 0. The van der Waals surface area contributed by atoms with E-state index in [9.17, 15) is 4.79 Å². The Bertz CT molecular complexity index is 674. The number of anilines is 2. The molecule has 0 aliphatic carbocycles. The molecule has 0 aromatic heterocycles. The molecule has 6 heteroatoms. The molecule has 21 heavy (non-hydrogen) atoms. The zero-order valence-corrected chi connectivity index (χ0v) is 13.5. The monoisotopic (exact) mass is 342 g/mol. The van der Waals surface area contributed by atoms with Gasteiger partial charge < -0.3 is 10.6 Å². The standard InChI is InChI=1S/C15H13Cl3N2O/c1-9-11(17)3-2-4-13(9)19-8-15(21)20-14-7-10(16)5-6-12(14)18/h2-7,19H,8H2,1H3,(H,20,21). The third-order valence-electron chi connectivity index (χ3n) is 2.91. The van der Waals surface area contributed by atoms with Crippen molar-refractivity contribution in [1.29, 1.82) is 0 Å². The maximum atomic E-state index is 11.9. The van der Waals surface area contributed by atoms with Crippen LogP contribution in [0.3, 0.4) is 0 Å². The summed E-state index contributed by atoms with van der Waals surface area (Å²) in [4.78, 5) is 11.9. The van der Waals surface area contributed by atoms with E-state index in [0.717, 1.165) is 11.3 Å². The predicted octanol–water partition coefficient (Wildman–Crippen LogP) is 5.01. The van der Waals surface area contributed by atoms with Gasteiger partial charge in [0.15, 0.2) is 0 Å². The van der Waals surface area contributed by atoms with Crippen molar-refractivity contribution >= 4 is 52.1 Å². The van der Waals surface area contributed by atoms with Gasteiger partial charge in [-0.3, -0.25) is 4.79 Å². The van der Waals surface area contributed by atoms with Crippen molar-refractivity contribution in [2.45, 2.75) is 6.92 Å². The molecule has 110 valence electrons. The lowest BCUT2D eigenvalue weighted by Crippen LogP contribution is -2.22. The first-order valence-electron chi connectivity index (χ1n) is 6.21. The number of nitrogens with one attached hydrogen (secondary N) is 2. The summed E-state index contributed by atoms with van der Waals surface area (Å²) in [5, 5.41) is 7.34. The van der Waals surface area contributed by atoms with Crippen LogP contribution in [0.2, 0.25) is 15.1 Å². The molecule has 2 rings (SSSR count). The number of hydrogen-bond acceptors (Lipinski definition) is 2. The lowest BCUT2D eigenvalue weighted by atomic mass is 10.2. The quantitative estimate of drug-likeness (QED) is 0.819. The molecule has 3 nitrogen and oxygen atoms in total. The van der Waals surface area contributed by atoms with Crippen molar-refractivity contribution in [3.8, 4) is 0 Å². The molecule has 0 saturated heterocycles. The Kier molecular flexibility index (Phi) is 5.34. The molecule has 0 heterocycles. The van der Waals surface area contributed by atoms with E-state index >= 15 is 0 Å². The number of rotatable bonds is 4. The van der Waals surface area contributed by atoms with Crippen LogP contribution in [0.4, 0.5) is 11.4 Å². The van der Waals surface area contributed by atoms with Crippen molar-refractivity contribution in [3.05, 3.63) is 57.0 Å². The molecule has 0 aliphatic heterocycles. The highest BCUT2D eigenvalue weighted by molar-refractivity contribution is 6.35. The Morgan fingerprint density at radius 3 is 2.57 bits per heavy atom. The van der Waals surface area contributed by atoms with Crippen LogP contribution in [0.25, 0.3) is 0 Å². The second kappa shape index (κ2) is 7.03. The van der Waals surface area contributed by atoms with Gasteiger partial charge in [0, 0.05) is 15.7 Å². The molecular formula is C15H13Cl3N2O. The molecule has 0 atom stereocenters. The number of carbonyl (C=O) groups is 1. The SMILES string of the molecule is Cc1c(Cl)cccc1NCC(=O)Nc1cc(Cl)ccc1Cl. The zero-order chi connectivity index (χ0) is 15.4. The van der Waals surface area contributed by atoms with E-state index in [1.165, 1.54) is 0 Å². The van der Waals surface area contributed by atoms with E-state index in [1.54, 1.807) is 24.3 Å². The molecule has 0 aliphatic rings. The van der Waals surface area contributed by atoms with Gasteiger partial charge in [-0.1, -0.05) is 40.9 Å². The molecule has 0 radical (unpaired) electrons. The van der Waals surface area contributed by atoms with Gasteiger partial charge >= 0.3 is 0 Å². The topological polar surface area (TPSA) is 41.1 Å². The van der Waals surface area contributed by atoms with Crippen LogP contribution in [-0.2, 0) is 4.79 Å². The van der Waals surface area contributed by atoms with E-state index < -0.39 is 0 Å². The van der Waals surface area contributed by atoms with Crippen LogP contribution in [-0.4, -0.2) is 12.5 Å². The Hall–Kier alpha value is -1.42. The first kappa shape index (κ1) is 16.0. The van der Waals surface area contributed by atoms with Gasteiger partial charge in [0.2, 0.25) is 5.91 Å². The first-order valence-corrected chi connectivity index (χ1v) is 7.34. The second-order valence-corrected chi connectivity index (χ2v) is 5.69. The highest BCUT2D eigenvalue weighted by Crippen LogP contribution is 2.25. The van der Waals surface area contributed by atoms with Crippen molar-refractivity contribution < 1.29 is 4.79 Å². The van der Waals surface area contributed by atoms with E-state index in [4.69, 9.17) is 34.8 Å². The van der Waals surface area contributed by atoms with E-state index in [2.05, 4.69) is 10.6 Å². The summed E-state index contributed by atoms with van der Waals surface area (Å²) in [5.74, 6) is -0.224. The molecule has 2 N–H and O–H groups in total. The Morgan fingerprint density at radius 2 is 1.81 bits per heavy atom. The van der Waals surface area contributed by atoms with Crippen LogP contribution < -0.4 is 10.6 Å². The van der Waals surface area contributed by atoms with Crippen LogP contribution in [0.1, 0.15) is 5.56 Å². The highest BCUT2D eigenvalue weighted by atomic mass is 35.5. The summed E-state index contributed by atoms with van der Waals surface area (Å²) in [5.41, 5.74) is 2.20. The third-order valence-corrected chi connectivity index (χ3v) is 3.88. The molecule has 2 aromatic rings. The minimum absolute atomic E-state index is 0.101. The van der Waals surface area contributed by atoms with Gasteiger partial charge in [-0.15, -0.1) is 0 Å².